The van der Waals surface area contributed by atoms with Crippen LogP contribution >= 0.6 is 23.1 Å². The summed E-state index contributed by atoms with van der Waals surface area (Å²) in [4.78, 5) is 27.9. The SMILES string of the molecule is O=C(O)CC(CSc1nc2ccccc2s1)C(=O)OCc1ccccc1.[Zn]. The van der Waals surface area contributed by atoms with Gasteiger partial charge in [-0.05, 0) is 17.7 Å². The number of nitrogens with zero attached hydrogens (tertiary/aromatic N) is 1. The molecule has 27 heavy (non-hydrogen) atoms. The van der Waals surface area contributed by atoms with E-state index in [1.807, 2.05) is 54.6 Å². The Morgan fingerprint density at radius 3 is 2.52 bits per heavy atom. The number of benzene rings is 2. The molecule has 0 spiro atoms. The number of thiazole rings is 1. The minimum atomic E-state index is -1.02. The Morgan fingerprint density at radius 2 is 1.81 bits per heavy atom. The molecule has 0 fully saturated rings. The van der Waals surface area contributed by atoms with Crippen LogP contribution in [0.15, 0.2) is 58.9 Å². The zero-order valence-electron chi connectivity index (χ0n) is 14.5. The molecular weight excluding hydrogens is 436 g/mol. The van der Waals surface area contributed by atoms with Crippen molar-refractivity contribution < 1.29 is 38.9 Å². The summed E-state index contributed by atoms with van der Waals surface area (Å²) >= 11 is 2.92. The summed E-state index contributed by atoms with van der Waals surface area (Å²) < 4.78 is 7.19. The van der Waals surface area contributed by atoms with E-state index in [0.717, 1.165) is 20.1 Å². The summed E-state index contributed by atoms with van der Waals surface area (Å²) in [5.41, 5.74) is 1.77. The van der Waals surface area contributed by atoms with Gasteiger partial charge >= 0.3 is 11.9 Å². The fourth-order valence-electron chi connectivity index (χ4n) is 2.35. The summed E-state index contributed by atoms with van der Waals surface area (Å²) in [6.07, 6.45) is -0.258. The van der Waals surface area contributed by atoms with Crippen molar-refractivity contribution in [2.75, 3.05) is 5.75 Å². The molecule has 3 aromatic rings. The second kappa shape index (κ2) is 10.5. The van der Waals surface area contributed by atoms with Gasteiger partial charge in [-0.1, -0.05) is 54.2 Å². The third-order valence-corrected chi connectivity index (χ3v) is 6.00. The molecule has 1 atom stereocenters. The summed E-state index contributed by atoms with van der Waals surface area (Å²) in [5.74, 6) is -1.91. The molecule has 0 radical (unpaired) electrons. The molecule has 0 amide bonds. The number of para-hydroxylation sites is 1. The van der Waals surface area contributed by atoms with Crippen LogP contribution in [-0.4, -0.2) is 27.8 Å². The van der Waals surface area contributed by atoms with Crippen LogP contribution in [0.1, 0.15) is 12.0 Å². The van der Waals surface area contributed by atoms with Crippen LogP contribution in [0.25, 0.3) is 10.2 Å². The Morgan fingerprint density at radius 1 is 1.11 bits per heavy atom. The van der Waals surface area contributed by atoms with Crippen LogP contribution in [0.4, 0.5) is 0 Å². The molecule has 2 aromatic carbocycles. The number of ether oxygens (including phenoxy) is 1. The molecular formula is C19H17NO4S2Zn. The van der Waals surface area contributed by atoms with E-state index in [-0.39, 0.29) is 32.5 Å². The Labute approximate surface area is 177 Å². The van der Waals surface area contributed by atoms with Crippen LogP contribution in [0, 0.1) is 5.92 Å². The molecule has 0 saturated carbocycles. The minimum Gasteiger partial charge on any atom is -0.481 e. The number of carboxylic acid groups (broad SMARTS) is 1. The molecule has 0 saturated heterocycles. The Balaban J connectivity index is 0.00000261. The molecule has 1 unspecified atom stereocenters. The van der Waals surface area contributed by atoms with Gasteiger partial charge in [0.2, 0.25) is 0 Å². The van der Waals surface area contributed by atoms with Gasteiger partial charge in [0, 0.05) is 25.2 Å². The summed E-state index contributed by atoms with van der Waals surface area (Å²) in [6.45, 7) is 0.140. The third-order valence-electron chi connectivity index (χ3n) is 3.66. The molecule has 5 nitrogen and oxygen atoms in total. The van der Waals surface area contributed by atoms with E-state index in [1.54, 1.807) is 0 Å². The smallest absolute Gasteiger partial charge is 0.310 e. The van der Waals surface area contributed by atoms with Gasteiger partial charge in [0.15, 0.2) is 4.34 Å². The minimum absolute atomic E-state index is 0. The van der Waals surface area contributed by atoms with Gasteiger partial charge in [-0.2, -0.15) is 0 Å². The van der Waals surface area contributed by atoms with Gasteiger partial charge < -0.3 is 9.84 Å². The number of hydrogen-bond donors (Lipinski definition) is 1. The Kier molecular flexibility index (Phi) is 8.41. The maximum Gasteiger partial charge on any atom is 0.310 e. The van der Waals surface area contributed by atoms with E-state index in [0.29, 0.717) is 5.75 Å². The van der Waals surface area contributed by atoms with Crippen molar-refractivity contribution in [1.29, 1.82) is 0 Å². The molecule has 1 aromatic heterocycles. The van der Waals surface area contributed by atoms with Crippen LogP contribution in [0.3, 0.4) is 0 Å². The number of esters is 1. The van der Waals surface area contributed by atoms with Crippen molar-refractivity contribution in [1.82, 2.24) is 4.98 Å². The molecule has 0 bridgehead atoms. The zero-order valence-corrected chi connectivity index (χ0v) is 19.1. The van der Waals surface area contributed by atoms with Crippen molar-refractivity contribution in [3.05, 3.63) is 60.2 Å². The van der Waals surface area contributed by atoms with E-state index >= 15 is 0 Å². The normalized spacial score (nSPS) is 11.6. The summed E-state index contributed by atoms with van der Waals surface area (Å²) in [6, 6.07) is 17.1. The number of thioether (sulfide) groups is 1. The van der Waals surface area contributed by atoms with Crippen LogP contribution < -0.4 is 0 Å². The number of aliphatic carboxylic acids is 1. The third kappa shape index (κ3) is 6.41. The monoisotopic (exact) mass is 451 g/mol. The summed E-state index contributed by atoms with van der Waals surface area (Å²) in [7, 11) is 0. The summed E-state index contributed by atoms with van der Waals surface area (Å²) in [5, 5.41) is 9.10. The molecule has 0 aliphatic heterocycles. The zero-order chi connectivity index (χ0) is 18.4. The quantitative estimate of drug-likeness (QED) is 0.313. The van der Waals surface area contributed by atoms with Crippen LogP contribution in [0.5, 0.6) is 0 Å². The Bertz CT molecular complexity index is 868. The standard InChI is InChI=1S/C19H17NO4S2.Zn/c21-17(22)10-14(18(23)24-11-13-6-2-1-3-7-13)12-25-19-20-15-8-4-5-9-16(15)26-19;/h1-9,14H,10-12H2,(H,21,22);. The number of aromatic nitrogens is 1. The average molecular weight is 453 g/mol. The largest absolute Gasteiger partial charge is 0.481 e. The maximum atomic E-state index is 12.3. The molecule has 0 aliphatic carbocycles. The molecule has 8 heteroatoms. The van der Waals surface area contributed by atoms with Crippen LogP contribution in [-0.2, 0) is 40.4 Å². The van der Waals surface area contributed by atoms with Gasteiger partial charge in [0.25, 0.3) is 0 Å². The van der Waals surface area contributed by atoms with Gasteiger partial charge in [0.05, 0.1) is 22.6 Å². The molecule has 1 heterocycles. The van der Waals surface area contributed by atoms with Gasteiger partial charge in [-0.25, -0.2) is 4.98 Å². The predicted octanol–water partition coefficient (Wildman–Crippen LogP) is 4.22. The number of fused-ring (bicyclic) bond motifs is 1. The Hall–Kier alpha value is -1.76. The van der Waals surface area contributed by atoms with Crippen molar-refractivity contribution in [3.63, 3.8) is 0 Å². The second-order valence-electron chi connectivity index (χ2n) is 5.65. The number of carbonyl (C=O) groups excluding carboxylic acids is 1. The van der Waals surface area contributed by atoms with Gasteiger partial charge in [0.1, 0.15) is 6.61 Å². The number of carbonyl (C=O) groups is 2. The second-order valence-corrected chi connectivity index (χ2v) is 7.94. The van der Waals surface area contributed by atoms with Crippen molar-refractivity contribution in [2.24, 2.45) is 5.92 Å². The molecule has 1 N–H and O–H groups in total. The first-order valence-corrected chi connectivity index (χ1v) is 9.83. The fraction of sp³-hybridized carbons (Fsp3) is 0.211. The number of hydrogen-bond acceptors (Lipinski definition) is 6. The topological polar surface area (TPSA) is 76.5 Å². The maximum absolute atomic E-state index is 12.3. The molecule has 0 aliphatic rings. The van der Waals surface area contributed by atoms with E-state index < -0.39 is 17.9 Å². The number of carboxylic acids is 1. The predicted molar refractivity (Wildman–Crippen MR) is 102 cm³/mol. The van der Waals surface area contributed by atoms with Crippen LogP contribution in [0.2, 0.25) is 0 Å². The van der Waals surface area contributed by atoms with Crippen molar-refractivity contribution in [2.45, 2.75) is 17.4 Å². The molecule has 3 rings (SSSR count). The van der Waals surface area contributed by atoms with Gasteiger partial charge in [-0.3, -0.25) is 9.59 Å². The van der Waals surface area contributed by atoms with Gasteiger partial charge in [-0.15, -0.1) is 11.3 Å². The van der Waals surface area contributed by atoms with E-state index in [1.165, 1.54) is 23.1 Å². The van der Waals surface area contributed by atoms with E-state index in [2.05, 4.69) is 4.98 Å². The first-order valence-electron chi connectivity index (χ1n) is 8.02. The van der Waals surface area contributed by atoms with Crippen molar-refractivity contribution >= 4 is 45.3 Å². The van der Waals surface area contributed by atoms with Crippen molar-refractivity contribution in [3.8, 4) is 0 Å². The van der Waals surface area contributed by atoms with E-state index in [9.17, 15) is 9.59 Å². The fourth-order valence-corrected chi connectivity index (χ4v) is 4.52. The van der Waals surface area contributed by atoms with E-state index in [4.69, 9.17) is 9.84 Å². The number of rotatable bonds is 8. The molecule has 136 valence electrons. The first-order chi connectivity index (χ1) is 12.6. The first kappa shape index (κ1) is 21.5. The average Bonchev–Trinajstić information content (AvgIpc) is 3.06.